The van der Waals surface area contributed by atoms with E-state index in [-0.39, 0.29) is 12.0 Å². The van der Waals surface area contributed by atoms with Crippen molar-refractivity contribution in [3.8, 4) is 0 Å². The summed E-state index contributed by atoms with van der Waals surface area (Å²) in [7, 11) is 0. The molecule has 138 valence electrons. The molecule has 0 aliphatic heterocycles. The van der Waals surface area contributed by atoms with Gasteiger partial charge in [0.25, 0.3) is 0 Å². The quantitative estimate of drug-likeness (QED) is 0.313. The van der Waals surface area contributed by atoms with Crippen molar-refractivity contribution in [1.29, 1.82) is 0 Å². The monoisotopic (exact) mass is 463 g/mol. The SMILES string of the molecule is CC(=O)OC/C(C)=C/C[C@H](Nc1c(C)cc(C)cc1I)c1ccccc1. The zero-order valence-corrected chi connectivity index (χ0v) is 18.0. The first-order valence-electron chi connectivity index (χ1n) is 8.74. The molecule has 4 heteroatoms. The van der Waals surface area contributed by atoms with Gasteiger partial charge >= 0.3 is 5.97 Å². The zero-order valence-electron chi connectivity index (χ0n) is 15.8. The Morgan fingerprint density at radius 2 is 1.88 bits per heavy atom. The molecule has 0 saturated heterocycles. The van der Waals surface area contributed by atoms with Crippen molar-refractivity contribution in [1.82, 2.24) is 0 Å². The number of anilines is 1. The fraction of sp³-hybridized carbons (Fsp3) is 0.318. The van der Waals surface area contributed by atoms with Gasteiger partial charge < -0.3 is 10.1 Å². The van der Waals surface area contributed by atoms with E-state index in [9.17, 15) is 4.79 Å². The highest BCUT2D eigenvalue weighted by molar-refractivity contribution is 14.1. The molecule has 0 spiro atoms. The number of ether oxygens (including phenoxy) is 1. The first-order chi connectivity index (χ1) is 12.4. The second-order valence-corrected chi connectivity index (χ2v) is 7.77. The average molecular weight is 463 g/mol. The van der Waals surface area contributed by atoms with Gasteiger partial charge in [-0.05, 0) is 78.1 Å². The van der Waals surface area contributed by atoms with Gasteiger partial charge in [-0.2, -0.15) is 0 Å². The van der Waals surface area contributed by atoms with Gasteiger partial charge in [-0.25, -0.2) is 0 Å². The van der Waals surface area contributed by atoms with E-state index in [1.807, 2.05) is 13.0 Å². The number of benzene rings is 2. The minimum Gasteiger partial charge on any atom is -0.461 e. The van der Waals surface area contributed by atoms with E-state index < -0.39 is 0 Å². The fourth-order valence-corrected chi connectivity index (χ4v) is 3.90. The normalized spacial score (nSPS) is 12.6. The van der Waals surface area contributed by atoms with Crippen molar-refractivity contribution in [2.45, 2.75) is 40.2 Å². The predicted molar refractivity (Wildman–Crippen MR) is 116 cm³/mol. The molecular formula is C22H26INO2. The van der Waals surface area contributed by atoms with Gasteiger partial charge in [-0.15, -0.1) is 0 Å². The van der Waals surface area contributed by atoms with Crippen molar-refractivity contribution in [2.24, 2.45) is 0 Å². The van der Waals surface area contributed by atoms with E-state index in [4.69, 9.17) is 4.74 Å². The van der Waals surface area contributed by atoms with Crippen LogP contribution in [0.25, 0.3) is 0 Å². The van der Waals surface area contributed by atoms with Crippen LogP contribution in [0.3, 0.4) is 0 Å². The summed E-state index contributed by atoms with van der Waals surface area (Å²) in [6, 6.07) is 15.0. The maximum absolute atomic E-state index is 11.0. The summed E-state index contributed by atoms with van der Waals surface area (Å²) < 4.78 is 6.31. The summed E-state index contributed by atoms with van der Waals surface area (Å²) in [5, 5.41) is 3.72. The van der Waals surface area contributed by atoms with Gasteiger partial charge in [-0.3, -0.25) is 4.79 Å². The molecule has 0 aliphatic carbocycles. The highest BCUT2D eigenvalue weighted by atomic mass is 127. The second kappa shape index (κ2) is 9.76. The van der Waals surface area contributed by atoms with Crippen LogP contribution in [-0.2, 0) is 9.53 Å². The van der Waals surface area contributed by atoms with E-state index >= 15 is 0 Å². The molecule has 0 fully saturated rings. The van der Waals surface area contributed by atoms with Crippen LogP contribution < -0.4 is 5.32 Å². The third kappa shape index (κ3) is 6.16. The molecule has 0 aliphatic rings. The number of carbonyl (C=O) groups excluding carboxylic acids is 1. The van der Waals surface area contributed by atoms with Crippen LogP contribution in [0.2, 0.25) is 0 Å². The Balaban J connectivity index is 2.23. The lowest BCUT2D eigenvalue weighted by Crippen LogP contribution is -2.12. The largest absolute Gasteiger partial charge is 0.461 e. The molecule has 3 nitrogen and oxygen atoms in total. The number of carbonyl (C=O) groups is 1. The number of esters is 1. The van der Waals surface area contributed by atoms with Crippen LogP contribution in [0.4, 0.5) is 5.69 Å². The smallest absolute Gasteiger partial charge is 0.302 e. The van der Waals surface area contributed by atoms with E-state index in [1.165, 1.54) is 32.9 Å². The molecule has 1 atom stereocenters. The van der Waals surface area contributed by atoms with E-state index in [0.29, 0.717) is 6.61 Å². The molecule has 0 heterocycles. The van der Waals surface area contributed by atoms with E-state index in [2.05, 4.69) is 84.2 Å². The van der Waals surface area contributed by atoms with Gasteiger partial charge in [0, 0.05) is 10.5 Å². The standard InChI is InChI=1S/C22H26INO2/c1-15(14-26-18(4)25)10-11-21(19-8-6-5-7-9-19)24-22-17(3)12-16(2)13-20(22)23/h5-10,12-13,21,24H,11,14H2,1-4H3/b15-10+/t21-/m0/s1. The summed E-state index contributed by atoms with van der Waals surface area (Å²) in [5.74, 6) is -0.250. The van der Waals surface area contributed by atoms with Gasteiger partial charge in [0.15, 0.2) is 0 Å². The van der Waals surface area contributed by atoms with Crippen LogP contribution in [-0.4, -0.2) is 12.6 Å². The van der Waals surface area contributed by atoms with Crippen LogP contribution in [0.1, 0.15) is 43.0 Å². The van der Waals surface area contributed by atoms with Gasteiger partial charge in [-0.1, -0.05) is 42.5 Å². The van der Waals surface area contributed by atoms with Crippen molar-refractivity contribution < 1.29 is 9.53 Å². The number of hydrogen-bond donors (Lipinski definition) is 1. The maximum atomic E-state index is 11.0. The highest BCUT2D eigenvalue weighted by Gasteiger charge is 2.14. The average Bonchev–Trinajstić information content (AvgIpc) is 2.59. The number of halogens is 1. The molecule has 2 rings (SSSR count). The molecular weight excluding hydrogens is 437 g/mol. The van der Waals surface area contributed by atoms with Crippen LogP contribution in [0.15, 0.2) is 54.1 Å². The Kier molecular flexibility index (Phi) is 7.69. The predicted octanol–water partition coefficient (Wildman–Crippen LogP) is 5.96. The number of hydrogen-bond acceptors (Lipinski definition) is 3. The lowest BCUT2D eigenvalue weighted by molar-refractivity contribution is -0.139. The molecule has 1 N–H and O–H groups in total. The fourth-order valence-electron chi connectivity index (χ4n) is 2.83. The summed E-state index contributed by atoms with van der Waals surface area (Å²) in [6.07, 6.45) is 2.96. The molecule has 2 aromatic carbocycles. The molecule has 0 radical (unpaired) electrons. The first-order valence-corrected chi connectivity index (χ1v) is 9.82. The minimum atomic E-state index is -0.250. The molecule has 2 aromatic rings. The van der Waals surface area contributed by atoms with E-state index in [0.717, 1.165) is 12.0 Å². The topological polar surface area (TPSA) is 38.3 Å². The van der Waals surface area contributed by atoms with Crippen LogP contribution >= 0.6 is 22.6 Å². The third-order valence-corrected chi connectivity index (χ3v) is 5.01. The minimum absolute atomic E-state index is 0.151. The lowest BCUT2D eigenvalue weighted by Gasteiger charge is -2.22. The zero-order chi connectivity index (χ0) is 19.1. The molecule has 0 amide bonds. The number of nitrogens with one attached hydrogen (secondary N) is 1. The molecule has 0 unspecified atom stereocenters. The second-order valence-electron chi connectivity index (χ2n) is 6.61. The number of aryl methyl sites for hydroxylation is 2. The Morgan fingerprint density at radius 1 is 1.19 bits per heavy atom. The summed E-state index contributed by atoms with van der Waals surface area (Å²) in [5.41, 5.74) is 5.98. The molecule has 0 bridgehead atoms. The Hall–Kier alpha value is -1.82. The Bertz CT molecular complexity index is 761. The maximum Gasteiger partial charge on any atom is 0.302 e. The van der Waals surface area contributed by atoms with Crippen molar-refractivity contribution >= 4 is 34.2 Å². The van der Waals surface area contributed by atoms with Crippen molar-refractivity contribution in [2.75, 3.05) is 11.9 Å². The van der Waals surface area contributed by atoms with Crippen molar-refractivity contribution in [3.63, 3.8) is 0 Å². The highest BCUT2D eigenvalue weighted by Crippen LogP contribution is 2.30. The lowest BCUT2D eigenvalue weighted by atomic mass is 10.0. The number of rotatable bonds is 7. The summed E-state index contributed by atoms with van der Waals surface area (Å²) >= 11 is 2.39. The van der Waals surface area contributed by atoms with E-state index in [1.54, 1.807) is 0 Å². The molecule has 0 saturated carbocycles. The van der Waals surface area contributed by atoms with Crippen LogP contribution in [0, 0.1) is 17.4 Å². The van der Waals surface area contributed by atoms with Crippen molar-refractivity contribution in [3.05, 3.63) is 74.4 Å². The third-order valence-electron chi connectivity index (χ3n) is 4.16. The summed E-state index contributed by atoms with van der Waals surface area (Å²) in [4.78, 5) is 11.0. The first kappa shape index (κ1) is 20.5. The molecule has 26 heavy (non-hydrogen) atoms. The van der Waals surface area contributed by atoms with Gasteiger partial charge in [0.2, 0.25) is 0 Å². The molecule has 0 aromatic heterocycles. The Morgan fingerprint density at radius 3 is 2.50 bits per heavy atom. The van der Waals surface area contributed by atoms with Crippen LogP contribution in [0.5, 0.6) is 0 Å². The summed E-state index contributed by atoms with van der Waals surface area (Å²) in [6.45, 7) is 8.03. The van der Waals surface area contributed by atoms with Gasteiger partial charge in [0.05, 0.1) is 11.7 Å². The van der Waals surface area contributed by atoms with Gasteiger partial charge in [0.1, 0.15) is 6.61 Å². The Labute approximate surface area is 170 Å².